The van der Waals surface area contributed by atoms with Gasteiger partial charge in [0, 0.05) is 24.8 Å². The van der Waals surface area contributed by atoms with Crippen LogP contribution in [0.5, 0.6) is 5.88 Å². The van der Waals surface area contributed by atoms with E-state index in [1.54, 1.807) is 24.3 Å². The third-order valence-corrected chi connectivity index (χ3v) is 5.96. The van der Waals surface area contributed by atoms with Crippen LogP contribution in [0, 0.1) is 5.82 Å². The number of nitrogens with one attached hydrogen (secondary N) is 1. The van der Waals surface area contributed by atoms with Gasteiger partial charge in [-0.15, -0.1) is 0 Å². The van der Waals surface area contributed by atoms with Crippen LogP contribution in [-0.2, 0) is 23.2 Å². The molecule has 1 aromatic carbocycles. The number of sulfonamides is 1. The Bertz CT molecular complexity index is 1190. The molecule has 0 saturated heterocycles. The number of halogens is 4. The van der Waals surface area contributed by atoms with Crippen LogP contribution < -0.4 is 9.46 Å². The summed E-state index contributed by atoms with van der Waals surface area (Å²) in [5.41, 5.74) is -0.0504. The summed E-state index contributed by atoms with van der Waals surface area (Å²) in [6.07, 6.45) is -3.11. The number of alkyl halides is 3. The van der Waals surface area contributed by atoms with Crippen LogP contribution >= 0.6 is 0 Å². The summed E-state index contributed by atoms with van der Waals surface area (Å²) < 4.78 is 86.3. The first kappa shape index (κ1) is 22.7. The van der Waals surface area contributed by atoms with E-state index in [2.05, 4.69) is 14.8 Å². The highest BCUT2D eigenvalue weighted by molar-refractivity contribution is 7.89. The number of hydrogen-bond acceptors (Lipinski definition) is 5. The molecule has 0 amide bonds. The zero-order valence-electron chi connectivity index (χ0n) is 16.6. The molecule has 3 rings (SSSR count). The van der Waals surface area contributed by atoms with Crippen molar-refractivity contribution in [1.29, 1.82) is 0 Å². The van der Waals surface area contributed by atoms with Crippen molar-refractivity contribution in [3.63, 3.8) is 0 Å². The molecule has 0 aliphatic carbocycles. The molecule has 2 heterocycles. The van der Waals surface area contributed by atoms with Crippen molar-refractivity contribution in [2.24, 2.45) is 7.05 Å². The van der Waals surface area contributed by atoms with Crippen molar-refractivity contribution in [2.45, 2.75) is 24.0 Å². The van der Waals surface area contributed by atoms with Crippen LogP contribution in [0.2, 0.25) is 0 Å². The van der Waals surface area contributed by atoms with Gasteiger partial charge in [-0.2, -0.15) is 18.3 Å². The summed E-state index contributed by atoms with van der Waals surface area (Å²) >= 11 is 0. The quantitative estimate of drug-likeness (QED) is 0.570. The molecular formula is C19H18F4N4O3S. The maximum Gasteiger partial charge on any atom is 0.436 e. The first-order valence-corrected chi connectivity index (χ1v) is 10.3. The molecule has 0 saturated carbocycles. The van der Waals surface area contributed by atoms with Gasteiger partial charge in [0.15, 0.2) is 5.69 Å². The molecule has 1 unspecified atom stereocenters. The van der Waals surface area contributed by atoms with Gasteiger partial charge in [-0.3, -0.25) is 4.68 Å². The lowest BCUT2D eigenvalue weighted by molar-refractivity contribution is -0.143. The van der Waals surface area contributed by atoms with E-state index in [1.807, 2.05) is 0 Å². The minimum atomic E-state index is -4.92. The van der Waals surface area contributed by atoms with E-state index < -0.39 is 38.6 Å². The Morgan fingerprint density at radius 2 is 1.84 bits per heavy atom. The Balaban J connectivity index is 1.87. The topological polar surface area (TPSA) is 86.1 Å². The van der Waals surface area contributed by atoms with Gasteiger partial charge in [-0.1, -0.05) is 24.3 Å². The molecule has 1 N–H and O–H groups in total. The van der Waals surface area contributed by atoms with Gasteiger partial charge < -0.3 is 4.74 Å². The van der Waals surface area contributed by atoms with Gasteiger partial charge in [-0.05, 0) is 24.1 Å². The van der Waals surface area contributed by atoms with E-state index in [1.165, 1.54) is 27.1 Å². The van der Waals surface area contributed by atoms with Crippen molar-refractivity contribution in [1.82, 2.24) is 19.5 Å². The van der Waals surface area contributed by atoms with E-state index in [0.717, 1.165) is 17.1 Å². The van der Waals surface area contributed by atoms with E-state index in [4.69, 9.17) is 4.74 Å². The summed E-state index contributed by atoms with van der Waals surface area (Å²) in [6, 6.07) is 6.73. The Kier molecular flexibility index (Phi) is 6.05. The number of benzene rings is 1. The second-order valence-corrected chi connectivity index (χ2v) is 8.37. The Hall–Kier alpha value is -2.99. The summed E-state index contributed by atoms with van der Waals surface area (Å²) in [6.45, 7) is 1.49. The SMILES string of the molecule is COc1ncc(F)cc1-c1ccc(C(C)NS(=O)(=O)c2cn(C)nc2C(F)(F)F)cc1. The molecule has 7 nitrogen and oxygen atoms in total. The molecule has 0 aliphatic heterocycles. The Labute approximate surface area is 175 Å². The van der Waals surface area contributed by atoms with Crippen molar-refractivity contribution >= 4 is 10.0 Å². The zero-order valence-corrected chi connectivity index (χ0v) is 17.4. The maximum atomic E-state index is 13.6. The van der Waals surface area contributed by atoms with Gasteiger partial charge in [0.1, 0.15) is 10.7 Å². The molecule has 1 atom stereocenters. The number of aryl methyl sites for hydroxylation is 1. The predicted molar refractivity (Wildman–Crippen MR) is 103 cm³/mol. The number of methoxy groups -OCH3 is 1. The van der Waals surface area contributed by atoms with Crippen LogP contribution in [0.4, 0.5) is 17.6 Å². The molecule has 3 aromatic rings. The highest BCUT2D eigenvalue weighted by Gasteiger charge is 2.41. The maximum absolute atomic E-state index is 13.6. The van der Waals surface area contributed by atoms with Crippen LogP contribution in [0.25, 0.3) is 11.1 Å². The molecule has 0 radical (unpaired) electrons. The highest BCUT2D eigenvalue weighted by atomic mass is 32.2. The smallest absolute Gasteiger partial charge is 0.436 e. The molecule has 0 bridgehead atoms. The number of ether oxygens (including phenoxy) is 1. The van der Waals surface area contributed by atoms with Crippen molar-refractivity contribution in [3.8, 4) is 17.0 Å². The van der Waals surface area contributed by atoms with Crippen molar-refractivity contribution in [2.75, 3.05) is 7.11 Å². The van der Waals surface area contributed by atoms with Crippen molar-refractivity contribution in [3.05, 3.63) is 59.8 Å². The second-order valence-electron chi connectivity index (χ2n) is 6.69. The van der Waals surface area contributed by atoms with Gasteiger partial charge >= 0.3 is 6.18 Å². The summed E-state index contributed by atoms with van der Waals surface area (Å²) in [5.74, 6) is -0.350. The zero-order chi connectivity index (χ0) is 23.0. The first-order chi connectivity index (χ1) is 14.4. The minimum absolute atomic E-state index is 0.208. The summed E-state index contributed by atoms with van der Waals surface area (Å²) in [7, 11) is -1.92. The van der Waals surface area contributed by atoms with E-state index in [9.17, 15) is 26.0 Å². The lowest BCUT2D eigenvalue weighted by Crippen LogP contribution is -2.28. The predicted octanol–water partition coefficient (Wildman–Crippen LogP) is 3.69. The van der Waals surface area contributed by atoms with Gasteiger partial charge in [0.2, 0.25) is 15.9 Å². The monoisotopic (exact) mass is 458 g/mol. The summed E-state index contributed by atoms with van der Waals surface area (Å²) in [5, 5.41) is 3.22. The second kappa shape index (κ2) is 8.27. The Morgan fingerprint density at radius 3 is 2.42 bits per heavy atom. The molecule has 166 valence electrons. The van der Waals surface area contributed by atoms with Crippen molar-refractivity contribution < 1.29 is 30.7 Å². The fourth-order valence-corrected chi connectivity index (χ4v) is 4.40. The van der Waals surface area contributed by atoms with Crippen LogP contribution in [0.15, 0.2) is 47.6 Å². The molecule has 0 fully saturated rings. The molecule has 2 aromatic heterocycles. The largest absolute Gasteiger partial charge is 0.481 e. The third kappa shape index (κ3) is 4.85. The average molecular weight is 458 g/mol. The molecule has 0 aliphatic rings. The van der Waals surface area contributed by atoms with Crippen LogP contribution in [-0.4, -0.2) is 30.3 Å². The number of aromatic nitrogens is 3. The lowest BCUT2D eigenvalue weighted by atomic mass is 10.0. The lowest BCUT2D eigenvalue weighted by Gasteiger charge is -2.16. The average Bonchev–Trinajstić information content (AvgIpc) is 3.11. The Morgan fingerprint density at radius 1 is 1.19 bits per heavy atom. The molecule has 12 heteroatoms. The first-order valence-electron chi connectivity index (χ1n) is 8.85. The standard InChI is InChI=1S/C19H18F4N4O3S/c1-11(26-31(28,29)16-10-27(2)25-17(16)19(21,22)23)12-4-6-13(7-5-12)15-8-14(20)9-24-18(15)30-3/h4-11,26H,1-3H3. The van der Waals surface area contributed by atoms with E-state index in [-0.39, 0.29) is 5.88 Å². The van der Waals surface area contributed by atoms with E-state index >= 15 is 0 Å². The third-order valence-electron chi connectivity index (χ3n) is 4.42. The molecular weight excluding hydrogens is 440 g/mol. The molecule has 31 heavy (non-hydrogen) atoms. The number of rotatable bonds is 6. The van der Waals surface area contributed by atoms with Gasteiger partial charge in [-0.25, -0.2) is 22.5 Å². The fraction of sp³-hybridized carbons (Fsp3) is 0.263. The minimum Gasteiger partial charge on any atom is -0.481 e. The summed E-state index contributed by atoms with van der Waals surface area (Å²) in [4.78, 5) is 2.90. The number of nitrogens with zero attached hydrogens (tertiary/aromatic N) is 3. The van der Waals surface area contributed by atoms with Gasteiger partial charge in [0.25, 0.3) is 0 Å². The number of pyridine rings is 1. The van der Waals surface area contributed by atoms with Gasteiger partial charge in [0.05, 0.1) is 13.3 Å². The van der Waals surface area contributed by atoms with Crippen LogP contribution in [0.1, 0.15) is 24.2 Å². The normalized spacial score (nSPS) is 13.3. The van der Waals surface area contributed by atoms with Crippen LogP contribution in [0.3, 0.4) is 0 Å². The number of hydrogen-bond donors (Lipinski definition) is 1. The van der Waals surface area contributed by atoms with E-state index in [0.29, 0.717) is 16.7 Å². The fourth-order valence-electron chi connectivity index (χ4n) is 2.97. The molecule has 0 spiro atoms. The highest BCUT2D eigenvalue weighted by Crippen LogP contribution is 2.34.